The van der Waals surface area contributed by atoms with Crippen LogP contribution in [0.25, 0.3) is 5.65 Å². The molecule has 0 amide bonds. The predicted octanol–water partition coefficient (Wildman–Crippen LogP) is 2.83. The molecule has 1 saturated carbocycles. The molecule has 0 unspecified atom stereocenters. The van der Waals surface area contributed by atoms with E-state index < -0.39 is 0 Å². The lowest BCUT2D eigenvalue weighted by atomic mass is 10.2. The zero-order valence-electron chi connectivity index (χ0n) is 14.0. The SMILES string of the molecule is Cc1cccc(OCCN(C)c2nccn3c(C4CC4)nnc23)c1. The third-order valence-electron chi connectivity index (χ3n) is 4.32. The predicted molar refractivity (Wildman–Crippen MR) is 92.7 cm³/mol. The number of benzene rings is 1. The van der Waals surface area contributed by atoms with Gasteiger partial charge in [0.15, 0.2) is 5.82 Å². The van der Waals surface area contributed by atoms with E-state index in [1.807, 2.05) is 37.6 Å². The van der Waals surface area contributed by atoms with E-state index >= 15 is 0 Å². The first-order chi connectivity index (χ1) is 11.7. The van der Waals surface area contributed by atoms with Gasteiger partial charge < -0.3 is 9.64 Å². The maximum Gasteiger partial charge on any atom is 0.203 e. The van der Waals surface area contributed by atoms with Crippen molar-refractivity contribution < 1.29 is 4.74 Å². The van der Waals surface area contributed by atoms with Crippen molar-refractivity contribution in [1.82, 2.24) is 19.6 Å². The average Bonchev–Trinajstić information content (AvgIpc) is 3.33. The molecular formula is C18H21N5O. The Bertz CT molecular complexity index is 855. The molecule has 6 heteroatoms. The second-order valence-corrected chi connectivity index (χ2v) is 6.36. The number of aryl methyl sites for hydroxylation is 1. The Balaban J connectivity index is 1.46. The van der Waals surface area contributed by atoms with Crippen LogP contribution in [0.2, 0.25) is 0 Å². The third kappa shape index (κ3) is 2.91. The first kappa shape index (κ1) is 14.9. The minimum Gasteiger partial charge on any atom is -0.492 e. The van der Waals surface area contributed by atoms with Gasteiger partial charge in [-0.15, -0.1) is 10.2 Å². The molecule has 0 spiro atoms. The maximum atomic E-state index is 5.83. The molecule has 1 aromatic carbocycles. The molecule has 2 heterocycles. The summed E-state index contributed by atoms with van der Waals surface area (Å²) in [6.45, 7) is 3.38. The van der Waals surface area contributed by atoms with Gasteiger partial charge in [0.2, 0.25) is 5.65 Å². The molecule has 0 bridgehead atoms. The molecule has 4 rings (SSSR count). The summed E-state index contributed by atoms with van der Waals surface area (Å²) in [6.07, 6.45) is 6.18. The normalized spacial score (nSPS) is 14.1. The quantitative estimate of drug-likeness (QED) is 0.698. The number of fused-ring (bicyclic) bond motifs is 1. The van der Waals surface area contributed by atoms with Gasteiger partial charge in [0.1, 0.15) is 18.2 Å². The average molecular weight is 323 g/mol. The summed E-state index contributed by atoms with van der Waals surface area (Å²) in [5.41, 5.74) is 2.01. The van der Waals surface area contributed by atoms with Crippen molar-refractivity contribution in [3.63, 3.8) is 0 Å². The van der Waals surface area contributed by atoms with Crippen LogP contribution < -0.4 is 9.64 Å². The Labute approximate surface area is 141 Å². The summed E-state index contributed by atoms with van der Waals surface area (Å²) < 4.78 is 7.90. The van der Waals surface area contributed by atoms with Gasteiger partial charge in [0.25, 0.3) is 0 Å². The summed E-state index contributed by atoms with van der Waals surface area (Å²) in [7, 11) is 2.01. The molecule has 124 valence electrons. The first-order valence-electron chi connectivity index (χ1n) is 8.32. The lowest BCUT2D eigenvalue weighted by Gasteiger charge is -2.18. The fourth-order valence-corrected chi connectivity index (χ4v) is 2.83. The van der Waals surface area contributed by atoms with E-state index in [0.29, 0.717) is 12.5 Å². The Morgan fingerprint density at radius 1 is 1.29 bits per heavy atom. The van der Waals surface area contributed by atoms with E-state index in [4.69, 9.17) is 4.74 Å². The summed E-state index contributed by atoms with van der Waals surface area (Å²) in [4.78, 5) is 6.55. The van der Waals surface area contributed by atoms with Crippen LogP contribution in [0, 0.1) is 6.92 Å². The van der Waals surface area contributed by atoms with Crippen LogP contribution in [-0.2, 0) is 0 Å². The van der Waals surface area contributed by atoms with E-state index in [-0.39, 0.29) is 0 Å². The minimum atomic E-state index is 0.560. The summed E-state index contributed by atoms with van der Waals surface area (Å²) in [5, 5.41) is 8.70. The maximum absolute atomic E-state index is 5.83. The molecule has 3 aromatic rings. The van der Waals surface area contributed by atoms with Crippen molar-refractivity contribution >= 4 is 11.5 Å². The van der Waals surface area contributed by atoms with E-state index in [0.717, 1.165) is 29.6 Å². The second kappa shape index (κ2) is 6.11. The van der Waals surface area contributed by atoms with Crippen LogP contribution in [0.15, 0.2) is 36.7 Å². The topological polar surface area (TPSA) is 55.5 Å². The molecule has 0 N–H and O–H groups in total. The summed E-state index contributed by atoms with van der Waals surface area (Å²) >= 11 is 0. The smallest absolute Gasteiger partial charge is 0.203 e. The van der Waals surface area contributed by atoms with Crippen molar-refractivity contribution in [3.8, 4) is 5.75 Å². The first-order valence-corrected chi connectivity index (χ1v) is 8.32. The standard InChI is InChI=1S/C18H21N5O/c1-13-4-3-5-15(12-13)24-11-10-22(2)17-18-21-20-16(14-6-7-14)23(18)9-8-19-17/h3-5,8-9,12,14H,6-7,10-11H2,1-2H3. The molecule has 0 atom stereocenters. The van der Waals surface area contributed by atoms with Crippen molar-refractivity contribution in [3.05, 3.63) is 48.0 Å². The Morgan fingerprint density at radius 3 is 2.96 bits per heavy atom. The minimum absolute atomic E-state index is 0.560. The van der Waals surface area contributed by atoms with Crippen LogP contribution in [0.3, 0.4) is 0 Å². The van der Waals surface area contributed by atoms with Gasteiger partial charge in [-0.3, -0.25) is 4.40 Å². The number of hydrogen-bond acceptors (Lipinski definition) is 5. The van der Waals surface area contributed by atoms with Gasteiger partial charge in [0, 0.05) is 25.4 Å². The molecule has 0 radical (unpaired) electrons. The molecule has 1 aliphatic rings. The monoisotopic (exact) mass is 323 g/mol. The van der Waals surface area contributed by atoms with Crippen molar-refractivity contribution in [1.29, 1.82) is 0 Å². The van der Waals surface area contributed by atoms with Crippen molar-refractivity contribution in [2.24, 2.45) is 0 Å². The number of hydrogen-bond donors (Lipinski definition) is 0. The second-order valence-electron chi connectivity index (χ2n) is 6.36. The van der Waals surface area contributed by atoms with Gasteiger partial charge in [-0.1, -0.05) is 12.1 Å². The molecule has 6 nitrogen and oxygen atoms in total. The molecule has 24 heavy (non-hydrogen) atoms. The van der Waals surface area contributed by atoms with E-state index in [1.165, 1.54) is 18.4 Å². The molecular weight excluding hydrogens is 302 g/mol. The largest absolute Gasteiger partial charge is 0.492 e. The zero-order valence-corrected chi connectivity index (χ0v) is 14.0. The number of nitrogens with zero attached hydrogens (tertiary/aromatic N) is 5. The highest BCUT2D eigenvalue weighted by Crippen LogP contribution is 2.39. The number of likely N-dealkylation sites (N-methyl/N-ethyl adjacent to an activating group) is 1. The number of ether oxygens (including phenoxy) is 1. The number of anilines is 1. The molecule has 2 aromatic heterocycles. The highest BCUT2D eigenvalue weighted by atomic mass is 16.5. The lowest BCUT2D eigenvalue weighted by molar-refractivity contribution is 0.325. The summed E-state index contributed by atoms with van der Waals surface area (Å²) in [6, 6.07) is 8.09. The Hall–Kier alpha value is -2.63. The van der Waals surface area contributed by atoms with Crippen LogP contribution in [0.1, 0.15) is 30.1 Å². The number of aromatic nitrogens is 4. The van der Waals surface area contributed by atoms with E-state index in [1.54, 1.807) is 0 Å². The molecule has 0 saturated heterocycles. The molecule has 0 aliphatic heterocycles. The van der Waals surface area contributed by atoms with Gasteiger partial charge in [-0.2, -0.15) is 0 Å². The fourth-order valence-electron chi connectivity index (χ4n) is 2.83. The Kier molecular flexibility index (Phi) is 3.80. The van der Waals surface area contributed by atoms with Crippen molar-refractivity contribution in [2.75, 3.05) is 25.1 Å². The van der Waals surface area contributed by atoms with Crippen LogP contribution in [0.4, 0.5) is 5.82 Å². The highest BCUT2D eigenvalue weighted by molar-refractivity contribution is 5.63. The molecule has 1 aliphatic carbocycles. The third-order valence-corrected chi connectivity index (χ3v) is 4.32. The van der Waals surface area contributed by atoms with E-state index in [2.05, 4.69) is 37.5 Å². The zero-order chi connectivity index (χ0) is 16.5. The van der Waals surface area contributed by atoms with Crippen LogP contribution in [0.5, 0.6) is 5.75 Å². The van der Waals surface area contributed by atoms with E-state index in [9.17, 15) is 0 Å². The number of rotatable bonds is 6. The van der Waals surface area contributed by atoms with Gasteiger partial charge in [-0.05, 0) is 37.5 Å². The van der Waals surface area contributed by atoms with Crippen LogP contribution >= 0.6 is 0 Å². The Morgan fingerprint density at radius 2 is 2.17 bits per heavy atom. The van der Waals surface area contributed by atoms with Gasteiger partial charge >= 0.3 is 0 Å². The highest BCUT2D eigenvalue weighted by Gasteiger charge is 2.29. The van der Waals surface area contributed by atoms with Crippen LogP contribution in [-0.4, -0.2) is 39.8 Å². The van der Waals surface area contributed by atoms with Gasteiger partial charge in [0.05, 0.1) is 6.54 Å². The lowest BCUT2D eigenvalue weighted by Crippen LogP contribution is -2.25. The fraction of sp³-hybridized carbons (Fsp3) is 0.389. The molecule has 1 fully saturated rings. The summed E-state index contributed by atoms with van der Waals surface area (Å²) in [5.74, 6) is 3.35. The van der Waals surface area contributed by atoms with Crippen molar-refractivity contribution in [2.45, 2.75) is 25.7 Å². The van der Waals surface area contributed by atoms with Gasteiger partial charge in [-0.25, -0.2) is 4.98 Å².